The van der Waals surface area contributed by atoms with Crippen molar-refractivity contribution in [1.82, 2.24) is 4.90 Å². The van der Waals surface area contributed by atoms with E-state index in [1.165, 1.54) is 23.8 Å². The van der Waals surface area contributed by atoms with Crippen LogP contribution in [0.4, 0.5) is 11.4 Å². The molecule has 2 aromatic carbocycles. The number of methoxy groups -OCH3 is 1. The first kappa shape index (κ1) is 22.4. The Labute approximate surface area is 184 Å². The third-order valence-electron chi connectivity index (χ3n) is 4.49. The zero-order valence-electron chi connectivity index (χ0n) is 17.5. The molecule has 2 amide bonds. The van der Waals surface area contributed by atoms with E-state index >= 15 is 0 Å². The van der Waals surface area contributed by atoms with Crippen LogP contribution in [-0.2, 0) is 14.3 Å². The van der Waals surface area contributed by atoms with E-state index in [0.29, 0.717) is 34.5 Å². The van der Waals surface area contributed by atoms with Gasteiger partial charge in [-0.1, -0.05) is 17.8 Å². The Morgan fingerprint density at radius 3 is 2.65 bits per heavy atom. The van der Waals surface area contributed by atoms with Crippen LogP contribution in [0.5, 0.6) is 5.75 Å². The molecule has 31 heavy (non-hydrogen) atoms. The van der Waals surface area contributed by atoms with E-state index in [2.05, 4.69) is 15.0 Å². The van der Waals surface area contributed by atoms with Crippen molar-refractivity contribution in [2.24, 2.45) is 4.99 Å². The molecule has 1 aliphatic rings. The van der Waals surface area contributed by atoms with E-state index in [1.807, 2.05) is 13.0 Å². The third kappa shape index (κ3) is 5.64. The van der Waals surface area contributed by atoms with Gasteiger partial charge in [0.05, 0.1) is 25.0 Å². The third-order valence-corrected chi connectivity index (χ3v) is 5.73. The summed E-state index contributed by atoms with van der Waals surface area (Å²) in [5, 5.41) is 2.63. The van der Waals surface area contributed by atoms with E-state index in [-0.39, 0.29) is 18.2 Å². The van der Waals surface area contributed by atoms with E-state index in [0.717, 1.165) is 0 Å². The second-order valence-corrected chi connectivity index (χ2v) is 7.82. The van der Waals surface area contributed by atoms with Gasteiger partial charge in [0.2, 0.25) is 11.8 Å². The predicted octanol–water partition coefficient (Wildman–Crippen LogP) is 3.46. The van der Waals surface area contributed by atoms with Gasteiger partial charge in [0, 0.05) is 25.2 Å². The summed E-state index contributed by atoms with van der Waals surface area (Å²) >= 11 is 1.22. The summed E-state index contributed by atoms with van der Waals surface area (Å²) in [6, 6.07) is 13.6. The summed E-state index contributed by atoms with van der Waals surface area (Å²) in [5.74, 6) is -0.269. The number of hydrogen-bond acceptors (Lipinski definition) is 7. The maximum Gasteiger partial charge on any atom is 0.337 e. The van der Waals surface area contributed by atoms with Gasteiger partial charge in [0.1, 0.15) is 11.0 Å². The fourth-order valence-electron chi connectivity index (χ4n) is 2.85. The average molecular weight is 442 g/mol. The zero-order valence-corrected chi connectivity index (χ0v) is 18.3. The first-order chi connectivity index (χ1) is 14.9. The van der Waals surface area contributed by atoms with Crippen molar-refractivity contribution in [2.75, 3.05) is 26.1 Å². The minimum absolute atomic E-state index is 0.0679. The highest BCUT2D eigenvalue weighted by molar-refractivity contribution is 8.15. The number of carbonyl (C=O) groups excluding carboxylic acids is 3. The monoisotopic (exact) mass is 441 g/mol. The van der Waals surface area contributed by atoms with E-state index < -0.39 is 11.2 Å². The van der Waals surface area contributed by atoms with Gasteiger partial charge in [-0.2, -0.15) is 0 Å². The van der Waals surface area contributed by atoms with Gasteiger partial charge >= 0.3 is 5.97 Å². The maximum atomic E-state index is 12.8. The molecule has 8 nitrogen and oxygen atoms in total. The minimum atomic E-state index is -0.618. The number of amides is 2. The molecule has 0 aromatic heterocycles. The molecule has 9 heteroatoms. The number of ether oxygens (including phenoxy) is 2. The van der Waals surface area contributed by atoms with Crippen molar-refractivity contribution in [2.45, 2.75) is 18.6 Å². The molecule has 1 heterocycles. The highest BCUT2D eigenvalue weighted by atomic mass is 32.2. The number of amidine groups is 1. The van der Waals surface area contributed by atoms with Gasteiger partial charge in [0.25, 0.3) is 0 Å². The average Bonchev–Trinajstić information content (AvgIpc) is 2.77. The Hall–Kier alpha value is -3.33. The van der Waals surface area contributed by atoms with Crippen LogP contribution in [0, 0.1) is 0 Å². The molecule has 3 rings (SSSR count). The summed E-state index contributed by atoms with van der Waals surface area (Å²) in [4.78, 5) is 42.7. The molecule has 0 radical (unpaired) electrons. The van der Waals surface area contributed by atoms with E-state index in [9.17, 15) is 14.4 Å². The van der Waals surface area contributed by atoms with Gasteiger partial charge in [-0.15, -0.1) is 0 Å². The van der Waals surface area contributed by atoms with Crippen LogP contribution in [0.2, 0.25) is 0 Å². The van der Waals surface area contributed by atoms with Crippen LogP contribution in [0.1, 0.15) is 23.7 Å². The van der Waals surface area contributed by atoms with Crippen LogP contribution < -0.4 is 10.1 Å². The van der Waals surface area contributed by atoms with Crippen molar-refractivity contribution < 1.29 is 23.9 Å². The smallest absolute Gasteiger partial charge is 0.337 e. The van der Waals surface area contributed by atoms with Crippen LogP contribution in [0.25, 0.3) is 0 Å². The van der Waals surface area contributed by atoms with Crippen molar-refractivity contribution in [3.63, 3.8) is 0 Å². The molecule has 1 saturated heterocycles. The summed E-state index contributed by atoms with van der Waals surface area (Å²) in [6.07, 6.45) is 0.0679. The van der Waals surface area contributed by atoms with Crippen LogP contribution in [0.3, 0.4) is 0 Å². The lowest BCUT2D eigenvalue weighted by Crippen LogP contribution is -2.43. The summed E-state index contributed by atoms with van der Waals surface area (Å²) in [7, 11) is 2.94. The number of benzene rings is 2. The SMILES string of the molecule is CCOc1cccc(NC(=O)[C@H]2CC(=O)N(C)C(=Nc3ccc(C(=O)OC)cc3)S2)c1. The van der Waals surface area contributed by atoms with E-state index in [4.69, 9.17) is 4.74 Å². The molecule has 1 aliphatic heterocycles. The topological polar surface area (TPSA) is 97.3 Å². The summed E-state index contributed by atoms with van der Waals surface area (Å²) in [6.45, 7) is 2.41. The Balaban J connectivity index is 1.74. The Morgan fingerprint density at radius 1 is 1.23 bits per heavy atom. The molecular formula is C22H23N3O5S. The Bertz CT molecular complexity index is 1010. The number of esters is 1. The number of aliphatic imine (C=N–C) groups is 1. The predicted molar refractivity (Wildman–Crippen MR) is 120 cm³/mol. The van der Waals surface area contributed by atoms with Crippen molar-refractivity contribution in [3.05, 3.63) is 54.1 Å². The second-order valence-electron chi connectivity index (χ2n) is 6.65. The fraction of sp³-hybridized carbons (Fsp3) is 0.273. The molecule has 0 bridgehead atoms. The maximum absolute atomic E-state index is 12.8. The van der Waals surface area contributed by atoms with Gasteiger partial charge in [-0.3, -0.25) is 14.5 Å². The Kier molecular flexibility index (Phi) is 7.30. The fourth-order valence-corrected chi connectivity index (χ4v) is 3.92. The number of carbonyl (C=O) groups is 3. The molecule has 0 saturated carbocycles. The normalized spacial score (nSPS) is 17.4. The van der Waals surface area contributed by atoms with Crippen LogP contribution in [0.15, 0.2) is 53.5 Å². The highest BCUT2D eigenvalue weighted by Crippen LogP contribution is 2.29. The number of thioether (sulfide) groups is 1. The molecule has 1 fully saturated rings. The lowest BCUT2D eigenvalue weighted by Gasteiger charge is -2.28. The van der Waals surface area contributed by atoms with Gasteiger partial charge in [-0.25, -0.2) is 9.79 Å². The van der Waals surface area contributed by atoms with Crippen molar-refractivity contribution >= 4 is 46.1 Å². The summed E-state index contributed by atoms with van der Waals surface area (Å²) in [5.41, 5.74) is 1.55. The number of anilines is 1. The quantitative estimate of drug-likeness (QED) is 0.690. The second kappa shape index (κ2) is 10.1. The standard InChI is InChI=1S/C22H23N3O5S/c1-4-30-17-7-5-6-16(12-17)23-20(27)18-13-19(26)25(2)22(31-18)24-15-10-8-14(9-11-15)21(28)29-3/h5-12,18H,4,13H2,1-3H3,(H,23,27)/t18-/m1/s1. The van der Waals surface area contributed by atoms with Crippen LogP contribution >= 0.6 is 11.8 Å². The van der Waals surface area contributed by atoms with Gasteiger partial charge in [-0.05, 0) is 43.3 Å². The molecule has 1 N–H and O–H groups in total. The summed E-state index contributed by atoms with van der Waals surface area (Å²) < 4.78 is 10.1. The Morgan fingerprint density at radius 2 is 1.97 bits per heavy atom. The first-order valence-corrected chi connectivity index (χ1v) is 10.5. The molecule has 1 atom stereocenters. The molecule has 162 valence electrons. The van der Waals surface area contributed by atoms with Crippen molar-refractivity contribution in [3.8, 4) is 5.75 Å². The zero-order chi connectivity index (χ0) is 22.4. The minimum Gasteiger partial charge on any atom is -0.494 e. The first-order valence-electron chi connectivity index (χ1n) is 9.65. The lowest BCUT2D eigenvalue weighted by atomic mass is 10.2. The molecule has 2 aromatic rings. The molecule has 0 unspecified atom stereocenters. The molecular weight excluding hydrogens is 418 g/mol. The molecule has 0 aliphatic carbocycles. The molecule has 0 spiro atoms. The number of hydrogen-bond donors (Lipinski definition) is 1. The number of rotatable bonds is 6. The van der Waals surface area contributed by atoms with E-state index in [1.54, 1.807) is 49.5 Å². The largest absolute Gasteiger partial charge is 0.494 e. The number of nitrogens with zero attached hydrogens (tertiary/aromatic N) is 2. The van der Waals surface area contributed by atoms with Crippen molar-refractivity contribution in [1.29, 1.82) is 0 Å². The van der Waals surface area contributed by atoms with Gasteiger partial charge in [0.15, 0.2) is 5.17 Å². The number of nitrogens with one attached hydrogen (secondary N) is 1. The highest BCUT2D eigenvalue weighted by Gasteiger charge is 2.34. The van der Waals surface area contributed by atoms with Crippen LogP contribution in [-0.4, -0.2) is 53.9 Å². The van der Waals surface area contributed by atoms with Gasteiger partial charge < -0.3 is 14.8 Å². The lowest BCUT2D eigenvalue weighted by molar-refractivity contribution is -0.128.